The normalized spacial score (nSPS) is 13.2. The van der Waals surface area contributed by atoms with Gasteiger partial charge in [0.1, 0.15) is 6.61 Å². The van der Waals surface area contributed by atoms with Gasteiger partial charge in [0.2, 0.25) is 0 Å². The zero-order valence-electron chi connectivity index (χ0n) is 61.5. The molecular formula is C83H154NO8P. The minimum atomic E-state index is -4.40. The molecule has 9 nitrogen and oxygen atoms in total. The predicted molar refractivity (Wildman–Crippen MR) is 404 cm³/mol. The van der Waals surface area contributed by atoms with Crippen molar-refractivity contribution in [2.24, 2.45) is 5.73 Å². The van der Waals surface area contributed by atoms with Gasteiger partial charge in [0.05, 0.1) is 13.2 Å². The van der Waals surface area contributed by atoms with Crippen molar-refractivity contribution in [1.29, 1.82) is 0 Å². The molecule has 0 aromatic heterocycles. The van der Waals surface area contributed by atoms with Gasteiger partial charge in [-0.05, 0) is 89.9 Å². The van der Waals surface area contributed by atoms with E-state index in [-0.39, 0.29) is 38.6 Å². The number of unbranched alkanes of at least 4 members (excludes halogenated alkanes) is 52. The van der Waals surface area contributed by atoms with Crippen LogP contribution < -0.4 is 5.73 Å². The molecule has 0 aromatic carbocycles. The molecule has 0 heterocycles. The van der Waals surface area contributed by atoms with Gasteiger partial charge in [-0.3, -0.25) is 18.6 Å². The van der Waals surface area contributed by atoms with Crippen molar-refractivity contribution in [2.75, 3.05) is 26.4 Å². The molecule has 0 radical (unpaired) electrons. The molecule has 0 aliphatic heterocycles. The summed E-state index contributed by atoms with van der Waals surface area (Å²) in [5, 5.41) is 0. The summed E-state index contributed by atoms with van der Waals surface area (Å²) in [5.74, 6) is -0.807. The van der Waals surface area contributed by atoms with Crippen LogP contribution in [0.3, 0.4) is 0 Å². The van der Waals surface area contributed by atoms with E-state index in [4.69, 9.17) is 24.3 Å². The van der Waals surface area contributed by atoms with Gasteiger partial charge >= 0.3 is 19.8 Å². The molecule has 0 saturated heterocycles. The van der Waals surface area contributed by atoms with E-state index < -0.39 is 26.5 Å². The molecular weight excluding hydrogens is 1170 g/mol. The number of phosphoric ester groups is 1. The second kappa shape index (κ2) is 78.4. The second-order valence-corrected chi connectivity index (χ2v) is 28.7. The van der Waals surface area contributed by atoms with E-state index in [1.165, 1.54) is 321 Å². The molecule has 0 bridgehead atoms. The average molecular weight is 1330 g/mol. The first kappa shape index (κ1) is 90.5. The molecule has 0 aliphatic carbocycles. The lowest BCUT2D eigenvalue weighted by atomic mass is 10.0. The molecule has 0 aromatic rings. The lowest BCUT2D eigenvalue weighted by Crippen LogP contribution is -2.29. The number of phosphoric acid groups is 1. The van der Waals surface area contributed by atoms with E-state index in [0.29, 0.717) is 6.42 Å². The van der Waals surface area contributed by atoms with Crippen LogP contribution in [-0.4, -0.2) is 49.3 Å². The topological polar surface area (TPSA) is 134 Å². The number of hydrogen-bond donors (Lipinski definition) is 2. The maximum Gasteiger partial charge on any atom is 0.472 e. The Morgan fingerprint density at radius 1 is 0.323 bits per heavy atom. The minimum absolute atomic E-state index is 0.0544. The van der Waals surface area contributed by atoms with Gasteiger partial charge in [0.25, 0.3) is 0 Å². The Bertz CT molecular complexity index is 1760. The third-order valence-corrected chi connectivity index (χ3v) is 19.0. The highest BCUT2D eigenvalue weighted by atomic mass is 31.2. The highest BCUT2D eigenvalue weighted by Gasteiger charge is 2.26. The maximum atomic E-state index is 12.8. The molecule has 0 aliphatic rings. The number of allylic oxidation sites excluding steroid dienone is 12. The van der Waals surface area contributed by atoms with Crippen molar-refractivity contribution in [1.82, 2.24) is 0 Å². The van der Waals surface area contributed by atoms with E-state index in [0.717, 1.165) is 57.8 Å². The van der Waals surface area contributed by atoms with Gasteiger partial charge in [-0.2, -0.15) is 0 Å². The van der Waals surface area contributed by atoms with Gasteiger partial charge in [0.15, 0.2) is 6.10 Å². The summed E-state index contributed by atoms with van der Waals surface area (Å²) < 4.78 is 33.3. The number of hydrogen-bond acceptors (Lipinski definition) is 8. The summed E-state index contributed by atoms with van der Waals surface area (Å²) >= 11 is 0. The summed E-state index contributed by atoms with van der Waals surface area (Å²) in [6.45, 7) is 3.79. The maximum absolute atomic E-state index is 12.8. The highest BCUT2D eigenvalue weighted by molar-refractivity contribution is 7.47. The van der Waals surface area contributed by atoms with E-state index >= 15 is 0 Å². The molecule has 0 spiro atoms. The van der Waals surface area contributed by atoms with Crippen LogP contribution in [0, 0.1) is 0 Å². The third kappa shape index (κ3) is 78.3. The van der Waals surface area contributed by atoms with Crippen molar-refractivity contribution < 1.29 is 37.6 Å². The molecule has 0 fully saturated rings. The molecule has 93 heavy (non-hydrogen) atoms. The van der Waals surface area contributed by atoms with Crippen LogP contribution >= 0.6 is 7.82 Å². The fraction of sp³-hybridized carbons (Fsp3) is 0.831. The van der Waals surface area contributed by atoms with Crippen molar-refractivity contribution >= 4 is 19.8 Å². The van der Waals surface area contributed by atoms with Crippen molar-refractivity contribution in [3.8, 4) is 0 Å². The lowest BCUT2D eigenvalue weighted by molar-refractivity contribution is -0.161. The Hall–Kier alpha value is -2.55. The smallest absolute Gasteiger partial charge is 0.462 e. The summed E-state index contributed by atoms with van der Waals surface area (Å²) in [6.07, 6.45) is 105. The first-order valence-corrected chi connectivity index (χ1v) is 41.9. The zero-order chi connectivity index (χ0) is 67.2. The number of ether oxygens (including phenoxy) is 2. The standard InChI is InChI=1S/C83H154NO8P/c1-3-5-7-9-11-13-15-17-19-21-23-25-27-29-31-33-35-36-37-38-39-40-41-42-43-44-46-48-50-52-54-56-58-60-62-64-66-68-70-72-74-76-83(86)92-81(80-91-93(87,88)90-78-77-84)79-89-82(85)75-73-71-69-67-65-63-61-59-57-55-53-51-49-47-45-34-32-30-28-26-24-22-20-18-16-14-12-10-8-6-4-2/h15-18,21-24,27-30,81H,3-14,19-20,25-26,31-80,84H2,1-2H3,(H,87,88)/b17-15-,18-16-,23-21-,24-22-,29-27-,30-28-. The Balaban J connectivity index is 3.76. The molecule has 544 valence electrons. The number of esters is 2. The Labute approximate surface area is 577 Å². The van der Waals surface area contributed by atoms with Gasteiger partial charge < -0.3 is 20.1 Å². The monoisotopic (exact) mass is 1320 g/mol. The Kier molecular flexibility index (Phi) is 76.3. The Morgan fingerprint density at radius 3 is 0.828 bits per heavy atom. The molecule has 0 saturated carbocycles. The van der Waals surface area contributed by atoms with Gasteiger partial charge in [0, 0.05) is 19.4 Å². The summed E-state index contributed by atoms with van der Waals surface area (Å²) in [5.41, 5.74) is 5.42. The van der Waals surface area contributed by atoms with Crippen LogP contribution in [-0.2, 0) is 32.7 Å². The van der Waals surface area contributed by atoms with Gasteiger partial charge in [-0.15, -0.1) is 0 Å². The second-order valence-electron chi connectivity index (χ2n) is 27.3. The SMILES string of the molecule is CCCCCCC/C=C\C/C=C\C/C=C\CCCCCCCCCCCCCCCCCCCCCCCCCCCCC(=O)OC(COC(=O)CCCCCCCCCCCCCCCCCC/C=C\C/C=C\C/C=C\CCCCCCC)COP(=O)(O)OCCN. The summed E-state index contributed by atoms with van der Waals surface area (Å²) in [4.78, 5) is 35.5. The largest absolute Gasteiger partial charge is 0.472 e. The number of carbonyl (C=O) groups is 2. The van der Waals surface area contributed by atoms with Crippen molar-refractivity contribution in [3.63, 3.8) is 0 Å². The van der Waals surface area contributed by atoms with E-state index in [1.807, 2.05) is 0 Å². The number of rotatable bonds is 77. The summed E-state index contributed by atoms with van der Waals surface area (Å²) in [7, 11) is -4.40. The first-order chi connectivity index (χ1) is 45.8. The third-order valence-electron chi connectivity index (χ3n) is 18.1. The number of carbonyl (C=O) groups excluding carboxylic acids is 2. The van der Waals surface area contributed by atoms with Crippen molar-refractivity contribution in [3.05, 3.63) is 72.9 Å². The Morgan fingerprint density at radius 2 is 0.559 bits per heavy atom. The molecule has 0 amide bonds. The van der Waals surface area contributed by atoms with Crippen LogP contribution in [0.2, 0.25) is 0 Å². The number of nitrogens with two attached hydrogens (primary N) is 1. The molecule has 2 unspecified atom stereocenters. The van der Waals surface area contributed by atoms with Gasteiger partial charge in [-0.25, -0.2) is 4.57 Å². The predicted octanol–water partition coefficient (Wildman–Crippen LogP) is 27.1. The average Bonchev–Trinajstić information content (AvgIpc) is 3.49. The van der Waals surface area contributed by atoms with Crippen molar-refractivity contribution in [2.45, 2.75) is 418 Å². The van der Waals surface area contributed by atoms with Crippen LogP contribution in [0.5, 0.6) is 0 Å². The summed E-state index contributed by atoms with van der Waals surface area (Å²) in [6, 6.07) is 0. The van der Waals surface area contributed by atoms with Crippen LogP contribution in [0.4, 0.5) is 0 Å². The van der Waals surface area contributed by atoms with E-state index in [1.54, 1.807) is 0 Å². The molecule has 10 heteroatoms. The van der Waals surface area contributed by atoms with Crippen LogP contribution in [0.15, 0.2) is 72.9 Å². The first-order valence-electron chi connectivity index (χ1n) is 40.4. The minimum Gasteiger partial charge on any atom is -0.462 e. The fourth-order valence-electron chi connectivity index (χ4n) is 12.1. The lowest BCUT2D eigenvalue weighted by Gasteiger charge is -2.19. The van der Waals surface area contributed by atoms with Gasteiger partial charge in [-0.1, -0.05) is 382 Å². The van der Waals surface area contributed by atoms with E-state index in [9.17, 15) is 19.0 Å². The van der Waals surface area contributed by atoms with Crippen LogP contribution in [0.1, 0.15) is 412 Å². The molecule has 3 N–H and O–H groups in total. The van der Waals surface area contributed by atoms with Crippen LogP contribution in [0.25, 0.3) is 0 Å². The highest BCUT2D eigenvalue weighted by Crippen LogP contribution is 2.43. The molecule has 2 atom stereocenters. The molecule has 0 rings (SSSR count). The zero-order valence-corrected chi connectivity index (χ0v) is 62.4. The quantitative estimate of drug-likeness (QED) is 0.0264. The van der Waals surface area contributed by atoms with E-state index in [2.05, 4.69) is 86.8 Å². The fourth-order valence-corrected chi connectivity index (χ4v) is 12.8.